The number of rotatable bonds is 7. The molecule has 1 saturated heterocycles. The number of sulfone groups is 1. The molecule has 146 valence electrons. The molecule has 2 rings (SSSR count). The van der Waals surface area contributed by atoms with Gasteiger partial charge in [0.15, 0.2) is 15.8 Å². The van der Waals surface area contributed by atoms with Crippen LogP contribution < -0.4 is 10.1 Å². The van der Waals surface area contributed by atoms with Crippen LogP contribution in [0.25, 0.3) is 0 Å². The molecule has 0 amide bonds. The summed E-state index contributed by atoms with van der Waals surface area (Å²) in [5.74, 6) is 2.22. The van der Waals surface area contributed by atoms with Crippen molar-refractivity contribution >= 4 is 15.8 Å². The zero-order chi connectivity index (χ0) is 19.0. The molecule has 0 atom stereocenters. The molecule has 1 heterocycles. The van der Waals surface area contributed by atoms with Gasteiger partial charge in [-0.25, -0.2) is 8.42 Å². The van der Waals surface area contributed by atoms with Gasteiger partial charge < -0.3 is 15.0 Å². The first-order valence-electron chi connectivity index (χ1n) is 8.98. The lowest BCUT2D eigenvalue weighted by Crippen LogP contribution is -2.42. The Balaban J connectivity index is 1.88. The van der Waals surface area contributed by atoms with Gasteiger partial charge in [-0.1, -0.05) is 12.1 Å². The third kappa shape index (κ3) is 6.49. The third-order valence-corrected chi connectivity index (χ3v) is 6.00. The Morgan fingerprint density at radius 2 is 1.92 bits per heavy atom. The number of aliphatic imine (C=N–C) groups is 1. The van der Waals surface area contributed by atoms with Crippen molar-refractivity contribution in [3.05, 3.63) is 29.8 Å². The second-order valence-corrected chi connectivity index (χ2v) is 8.74. The van der Waals surface area contributed by atoms with Crippen LogP contribution in [0.5, 0.6) is 5.75 Å². The lowest BCUT2D eigenvalue weighted by Gasteiger charge is -2.26. The number of nitrogens with zero attached hydrogens (tertiary/aromatic N) is 3. The zero-order valence-corrected chi connectivity index (χ0v) is 16.8. The lowest BCUT2D eigenvalue weighted by molar-refractivity contribution is 0.303. The minimum atomic E-state index is -2.83. The van der Waals surface area contributed by atoms with Crippen molar-refractivity contribution in [3.8, 4) is 5.75 Å². The summed E-state index contributed by atoms with van der Waals surface area (Å²) in [7, 11) is 0.849. The van der Waals surface area contributed by atoms with Crippen LogP contribution in [0.2, 0.25) is 0 Å². The SMILES string of the molecule is CCNC(=NCCN1CCS(=O)(=O)CC1)N(C)Cc1ccc(OC)cc1. The Hall–Kier alpha value is -1.80. The molecule has 1 aliphatic rings. The Labute approximate surface area is 157 Å². The van der Waals surface area contributed by atoms with Gasteiger partial charge in [0, 0.05) is 39.8 Å². The van der Waals surface area contributed by atoms with Gasteiger partial charge in [-0.05, 0) is 24.6 Å². The predicted molar refractivity (Wildman–Crippen MR) is 106 cm³/mol. The van der Waals surface area contributed by atoms with Crippen LogP contribution in [-0.2, 0) is 16.4 Å². The molecular formula is C18H30N4O3S. The first kappa shape index (κ1) is 20.5. The number of nitrogens with one attached hydrogen (secondary N) is 1. The largest absolute Gasteiger partial charge is 0.497 e. The second-order valence-electron chi connectivity index (χ2n) is 6.43. The highest BCUT2D eigenvalue weighted by Crippen LogP contribution is 2.12. The fraction of sp³-hybridized carbons (Fsp3) is 0.611. The monoisotopic (exact) mass is 382 g/mol. The average Bonchev–Trinajstić information content (AvgIpc) is 2.63. The van der Waals surface area contributed by atoms with Crippen molar-refractivity contribution in [3.63, 3.8) is 0 Å². The summed E-state index contributed by atoms with van der Waals surface area (Å²) in [6.45, 7) is 6.24. The number of methoxy groups -OCH3 is 1. The maximum Gasteiger partial charge on any atom is 0.194 e. The molecule has 1 fully saturated rings. The van der Waals surface area contributed by atoms with Crippen molar-refractivity contribution < 1.29 is 13.2 Å². The van der Waals surface area contributed by atoms with Crippen LogP contribution in [0.15, 0.2) is 29.3 Å². The number of ether oxygens (including phenoxy) is 1. The van der Waals surface area contributed by atoms with Crippen LogP contribution in [0.1, 0.15) is 12.5 Å². The quantitative estimate of drug-likeness (QED) is 0.556. The van der Waals surface area contributed by atoms with Crippen molar-refractivity contribution in [1.29, 1.82) is 0 Å². The standard InChI is InChI=1S/C18H30N4O3S/c1-4-19-18(20-9-10-22-11-13-26(23,24)14-12-22)21(2)15-16-5-7-17(25-3)8-6-16/h5-8H,4,9-15H2,1-3H3,(H,19,20). The summed E-state index contributed by atoms with van der Waals surface area (Å²) < 4.78 is 28.2. The van der Waals surface area contributed by atoms with Crippen LogP contribution in [0.4, 0.5) is 0 Å². The van der Waals surface area contributed by atoms with E-state index < -0.39 is 9.84 Å². The Morgan fingerprint density at radius 3 is 2.50 bits per heavy atom. The smallest absolute Gasteiger partial charge is 0.194 e. The highest BCUT2D eigenvalue weighted by molar-refractivity contribution is 7.91. The molecule has 0 aliphatic carbocycles. The van der Waals surface area contributed by atoms with E-state index in [1.54, 1.807) is 7.11 Å². The van der Waals surface area contributed by atoms with Gasteiger partial charge in [-0.2, -0.15) is 0 Å². The van der Waals surface area contributed by atoms with Crippen molar-refractivity contribution in [2.24, 2.45) is 4.99 Å². The zero-order valence-electron chi connectivity index (χ0n) is 15.9. The van der Waals surface area contributed by atoms with Crippen molar-refractivity contribution in [2.45, 2.75) is 13.5 Å². The van der Waals surface area contributed by atoms with Crippen LogP contribution in [0.3, 0.4) is 0 Å². The van der Waals surface area contributed by atoms with Crippen LogP contribution in [-0.4, -0.2) is 82.6 Å². The van der Waals surface area contributed by atoms with E-state index >= 15 is 0 Å². The van der Waals surface area contributed by atoms with Gasteiger partial charge >= 0.3 is 0 Å². The first-order chi connectivity index (χ1) is 12.4. The van der Waals surface area contributed by atoms with Crippen molar-refractivity contribution in [2.75, 3.05) is 58.4 Å². The molecule has 1 N–H and O–H groups in total. The molecule has 1 aromatic rings. The summed E-state index contributed by atoms with van der Waals surface area (Å²) in [5.41, 5.74) is 1.18. The molecule has 0 bridgehead atoms. The number of hydrogen-bond donors (Lipinski definition) is 1. The Kier molecular flexibility index (Phi) is 7.71. The molecule has 8 heteroatoms. The lowest BCUT2D eigenvalue weighted by atomic mass is 10.2. The summed E-state index contributed by atoms with van der Waals surface area (Å²) in [6.07, 6.45) is 0. The van der Waals surface area contributed by atoms with Crippen molar-refractivity contribution in [1.82, 2.24) is 15.1 Å². The summed E-state index contributed by atoms with van der Waals surface area (Å²) >= 11 is 0. The molecular weight excluding hydrogens is 352 g/mol. The molecule has 1 aromatic carbocycles. The molecule has 0 aromatic heterocycles. The number of hydrogen-bond acceptors (Lipinski definition) is 5. The summed E-state index contributed by atoms with van der Waals surface area (Å²) in [6, 6.07) is 8.01. The minimum absolute atomic E-state index is 0.258. The second kappa shape index (κ2) is 9.78. The molecule has 1 aliphatic heterocycles. The van der Waals surface area contributed by atoms with Gasteiger partial charge in [0.25, 0.3) is 0 Å². The molecule has 26 heavy (non-hydrogen) atoms. The molecule has 7 nitrogen and oxygen atoms in total. The van der Waals surface area contributed by atoms with Crippen LogP contribution >= 0.6 is 0 Å². The Morgan fingerprint density at radius 1 is 1.27 bits per heavy atom. The van der Waals surface area contributed by atoms with E-state index in [2.05, 4.69) is 20.1 Å². The summed E-state index contributed by atoms with van der Waals surface area (Å²) in [5, 5.41) is 3.31. The van der Waals surface area contributed by atoms with E-state index in [1.807, 2.05) is 38.2 Å². The van der Waals surface area contributed by atoms with E-state index in [-0.39, 0.29) is 11.5 Å². The van der Waals surface area contributed by atoms with Gasteiger partial charge in [-0.15, -0.1) is 0 Å². The van der Waals surface area contributed by atoms with Gasteiger partial charge in [0.2, 0.25) is 0 Å². The molecule has 0 radical (unpaired) electrons. The highest BCUT2D eigenvalue weighted by atomic mass is 32.2. The van der Waals surface area contributed by atoms with Gasteiger partial charge in [0.05, 0.1) is 25.2 Å². The van der Waals surface area contributed by atoms with E-state index in [0.717, 1.165) is 31.3 Å². The topological polar surface area (TPSA) is 74.2 Å². The first-order valence-corrected chi connectivity index (χ1v) is 10.8. The fourth-order valence-corrected chi connectivity index (χ4v) is 4.10. The fourth-order valence-electron chi connectivity index (χ4n) is 2.82. The van der Waals surface area contributed by atoms with Gasteiger partial charge in [0.1, 0.15) is 5.75 Å². The maximum atomic E-state index is 11.5. The van der Waals surface area contributed by atoms with E-state index in [4.69, 9.17) is 4.74 Å². The third-order valence-electron chi connectivity index (χ3n) is 4.39. The number of benzene rings is 1. The van der Waals surface area contributed by atoms with E-state index in [1.165, 1.54) is 5.56 Å². The van der Waals surface area contributed by atoms with E-state index in [0.29, 0.717) is 19.6 Å². The normalized spacial score (nSPS) is 17.7. The highest BCUT2D eigenvalue weighted by Gasteiger charge is 2.20. The minimum Gasteiger partial charge on any atom is -0.497 e. The average molecular weight is 383 g/mol. The molecule has 0 saturated carbocycles. The maximum absolute atomic E-state index is 11.5. The molecule has 0 unspecified atom stereocenters. The van der Waals surface area contributed by atoms with Gasteiger partial charge in [-0.3, -0.25) is 9.89 Å². The number of guanidine groups is 1. The Bertz CT molecular complexity index is 675. The predicted octanol–water partition coefficient (Wildman–Crippen LogP) is 0.823. The summed E-state index contributed by atoms with van der Waals surface area (Å²) in [4.78, 5) is 8.94. The van der Waals surface area contributed by atoms with E-state index in [9.17, 15) is 8.42 Å². The van der Waals surface area contributed by atoms with Crippen LogP contribution in [0, 0.1) is 0 Å². The molecule has 0 spiro atoms.